The number of alkyl halides is 1. The number of halogens is 1. The van der Waals surface area contributed by atoms with Crippen molar-refractivity contribution in [3.8, 4) is 0 Å². The Labute approximate surface area is 130 Å². The summed E-state index contributed by atoms with van der Waals surface area (Å²) in [7, 11) is 0. The molecule has 0 fully saturated rings. The second kappa shape index (κ2) is 8.38. The summed E-state index contributed by atoms with van der Waals surface area (Å²) in [6.45, 7) is 2.24. The summed E-state index contributed by atoms with van der Waals surface area (Å²) in [4.78, 5) is 0. The Kier molecular flexibility index (Phi) is 6.48. The number of nitrogens with zero attached hydrogens (tertiary/aromatic N) is 2. The van der Waals surface area contributed by atoms with Crippen molar-refractivity contribution < 1.29 is 0 Å². The van der Waals surface area contributed by atoms with Crippen molar-refractivity contribution >= 4 is 22.9 Å². The largest absolute Gasteiger partial charge is 0.143 e. The summed E-state index contributed by atoms with van der Waals surface area (Å²) in [5.74, 6) is 0. The van der Waals surface area contributed by atoms with Crippen LogP contribution in [-0.2, 0) is 6.42 Å². The lowest BCUT2D eigenvalue weighted by atomic mass is 10.1. The molecule has 0 N–H and O–H groups in total. The van der Waals surface area contributed by atoms with Gasteiger partial charge in [0.25, 0.3) is 0 Å². The molecule has 0 radical (unpaired) electrons. The van der Waals surface area contributed by atoms with E-state index >= 15 is 0 Å². The quantitative estimate of drug-likeness (QED) is 0.483. The lowest BCUT2D eigenvalue weighted by Gasteiger charge is -2.04. The predicted molar refractivity (Wildman–Crippen MR) is 86.5 cm³/mol. The number of benzene rings is 1. The van der Waals surface area contributed by atoms with Gasteiger partial charge in [-0.3, -0.25) is 0 Å². The molecule has 1 aromatic carbocycles. The summed E-state index contributed by atoms with van der Waals surface area (Å²) in [6, 6.07) is 10.1. The smallest absolute Gasteiger partial charge is 0.139 e. The van der Waals surface area contributed by atoms with E-state index < -0.39 is 0 Å². The Bertz CT molecular complexity index is 498. The third-order valence-electron chi connectivity index (χ3n) is 3.29. The fourth-order valence-corrected chi connectivity index (χ4v) is 3.33. The molecule has 1 atom stereocenters. The SMILES string of the molecule is CCCCCCCc1nnc(C(Cl)c2ccccc2)s1. The van der Waals surface area contributed by atoms with Crippen LogP contribution in [0, 0.1) is 0 Å². The van der Waals surface area contributed by atoms with E-state index in [0.29, 0.717) is 0 Å². The molecule has 0 spiro atoms. The number of aryl methyl sites for hydroxylation is 1. The van der Waals surface area contributed by atoms with Crippen LogP contribution in [0.3, 0.4) is 0 Å². The number of hydrogen-bond donors (Lipinski definition) is 0. The third kappa shape index (κ3) is 4.57. The van der Waals surface area contributed by atoms with Crippen molar-refractivity contribution in [3.05, 3.63) is 45.9 Å². The molecule has 4 heteroatoms. The first-order valence-corrected chi connectivity index (χ1v) is 8.58. The fraction of sp³-hybridized carbons (Fsp3) is 0.500. The van der Waals surface area contributed by atoms with Gasteiger partial charge in [0.1, 0.15) is 15.4 Å². The first kappa shape index (κ1) is 15.5. The zero-order chi connectivity index (χ0) is 14.2. The first-order chi connectivity index (χ1) is 9.81. The minimum atomic E-state index is -0.178. The van der Waals surface area contributed by atoms with Crippen LogP contribution in [0.5, 0.6) is 0 Å². The molecular weight excluding hydrogens is 288 g/mol. The summed E-state index contributed by atoms with van der Waals surface area (Å²) < 4.78 is 0. The molecule has 1 unspecified atom stereocenters. The Hall–Kier alpha value is -0.930. The van der Waals surface area contributed by atoms with Crippen LogP contribution in [0.4, 0.5) is 0 Å². The maximum absolute atomic E-state index is 6.46. The number of hydrogen-bond acceptors (Lipinski definition) is 3. The van der Waals surface area contributed by atoms with Gasteiger partial charge >= 0.3 is 0 Å². The van der Waals surface area contributed by atoms with Crippen LogP contribution in [-0.4, -0.2) is 10.2 Å². The van der Waals surface area contributed by atoms with E-state index in [0.717, 1.165) is 22.0 Å². The highest BCUT2D eigenvalue weighted by atomic mass is 35.5. The van der Waals surface area contributed by atoms with E-state index in [1.54, 1.807) is 11.3 Å². The maximum atomic E-state index is 6.46. The van der Waals surface area contributed by atoms with Gasteiger partial charge in [-0.1, -0.05) is 74.3 Å². The van der Waals surface area contributed by atoms with Crippen LogP contribution in [0.15, 0.2) is 30.3 Å². The second-order valence-corrected chi connectivity index (χ2v) is 6.50. The van der Waals surface area contributed by atoms with Crippen LogP contribution in [0.25, 0.3) is 0 Å². The first-order valence-electron chi connectivity index (χ1n) is 7.32. The van der Waals surface area contributed by atoms with Gasteiger partial charge in [0.15, 0.2) is 0 Å². The van der Waals surface area contributed by atoms with Crippen molar-refractivity contribution in [1.29, 1.82) is 0 Å². The van der Waals surface area contributed by atoms with Crippen molar-refractivity contribution in [2.45, 2.75) is 50.8 Å². The molecule has 0 aliphatic rings. The Morgan fingerprint density at radius 2 is 1.80 bits per heavy atom. The lowest BCUT2D eigenvalue weighted by Crippen LogP contribution is -1.91. The standard InChI is InChI=1S/C16H21ClN2S/c1-2-3-4-5-9-12-14-18-19-16(20-14)15(17)13-10-7-6-8-11-13/h6-8,10-11,15H,2-5,9,12H2,1H3. The van der Waals surface area contributed by atoms with Crippen molar-refractivity contribution in [2.24, 2.45) is 0 Å². The summed E-state index contributed by atoms with van der Waals surface area (Å²) in [6.07, 6.45) is 7.45. The van der Waals surface area contributed by atoms with E-state index in [-0.39, 0.29) is 5.38 Å². The van der Waals surface area contributed by atoms with E-state index in [1.807, 2.05) is 30.3 Å². The molecule has 2 nitrogen and oxygen atoms in total. The average molecular weight is 309 g/mol. The highest BCUT2D eigenvalue weighted by Crippen LogP contribution is 2.30. The molecule has 0 saturated heterocycles. The Morgan fingerprint density at radius 3 is 2.55 bits per heavy atom. The molecule has 0 saturated carbocycles. The minimum absolute atomic E-state index is 0.178. The molecule has 0 aliphatic carbocycles. The summed E-state index contributed by atoms with van der Waals surface area (Å²) >= 11 is 8.10. The van der Waals surface area contributed by atoms with E-state index in [4.69, 9.17) is 11.6 Å². The molecule has 0 bridgehead atoms. The van der Waals surface area contributed by atoms with Gasteiger partial charge in [0.2, 0.25) is 0 Å². The molecule has 0 amide bonds. The highest BCUT2D eigenvalue weighted by Gasteiger charge is 2.15. The van der Waals surface area contributed by atoms with Gasteiger partial charge < -0.3 is 0 Å². The van der Waals surface area contributed by atoms with Crippen LogP contribution in [0.2, 0.25) is 0 Å². The van der Waals surface area contributed by atoms with E-state index in [2.05, 4.69) is 17.1 Å². The molecule has 0 aliphatic heterocycles. The maximum Gasteiger partial charge on any atom is 0.139 e. The molecular formula is C16H21ClN2S. The predicted octanol–water partition coefficient (Wildman–Crippen LogP) is 5.38. The lowest BCUT2D eigenvalue weighted by molar-refractivity contribution is 0.629. The molecule has 1 heterocycles. The normalized spacial score (nSPS) is 12.5. The van der Waals surface area contributed by atoms with Crippen LogP contribution < -0.4 is 0 Å². The zero-order valence-corrected chi connectivity index (χ0v) is 13.5. The van der Waals surface area contributed by atoms with Crippen LogP contribution >= 0.6 is 22.9 Å². The zero-order valence-electron chi connectivity index (χ0n) is 11.9. The van der Waals surface area contributed by atoms with Gasteiger partial charge in [-0.2, -0.15) is 0 Å². The van der Waals surface area contributed by atoms with Crippen molar-refractivity contribution in [2.75, 3.05) is 0 Å². The number of unbranched alkanes of at least 4 members (excludes halogenated alkanes) is 4. The third-order valence-corrected chi connectivity index (χ3v) is 4.92. The van der Waals surface area contributed by atoms with Crippen molar-refractivity contribution in [3.63, 3.8) is 0 Å². The molecule has 20 heavy (non-hydrogen) atoms. The Balaban J connectivity index is 1.85. The topological polar surface area (TPSA) is 25.8 Å². The van der Waals surface area contributed by atoms with Crippen LogP contribution in [0.1, 0.15) is 60.0 Å². The number of rotatable bonds is 8. The number of aromatic nitrogens is 2. The fourth-order valence-electron chi connectivity index (χ4n) is 2.11. The van der Waals surface area contributed by atoms with Gasteiger partial charge in [0.05, 0.1) is 0 Å². The molecule has 2 rings (SSSR count). The minimum Gasteiger partial charge on any atom is -0.143 e. The van der Waals surface area contributed by atoms with Gasteiger partial charge in [-0.05, 0) is 12.0 Å². The van der Waals surface area contributed by atoms with E-state index in [9.17, 15) is 0 Å². The average Bonchev–Trinajstić information content (AvgIpc) is 2.96. The monoisotopic (exact) mass is 308 g/mol. The molecule has 1 aromatic heterocycles. The van der Waals surface area contributed by atoms with Gasteiger partial charge in [-0.15, -0.1) is 21.8 Å². The van der Waals surface area contributed by atoms with Crippen molar-refractivity contribution in [1.82, 2.24) is 10.2 Å². The highest BCUT2D eigenvalue weighted by molar-refractivity contribution is 7.11. The second-order valence-electron chi connectivity index (χ2n) is 4.97. The van der Waals surface area contributed by atoms with Gasteiger partial charge in [-0.25, -0.2) is 0 Å². The van der Waals surface area contributed by atoms with Gasteiger partial charge in [0, 0.05) is 6.42 Å². The summed E-state index contributed by atoms with van der Waals surface area (Å²) in [5, 5.41) is 10.3. The summed E-state index contributed by atoms with van der Waals surface area (Å²) in [5.41, 5.74) is 1.08. The molecule has 2 aromatic rings. The van der Waals surface area contributed by atoms with E-state index in [1.165, 1.54) is 32.1 Å². The molecule has 108 valence electrons. The Morgan fingerprint density at radius 1 is 1.05 bits per heavy atom.